The first-order valence-electron chi connectivity index (χ1n) is 6.13. The number of rotatable bonds is 5. The van der Waals surface area contributed by atoms with E-state index in [0.717, 1.165) is 29.9 Å². The molecule has 0 bridgehead atoms. The molecule has 2 unspecified atom stereocenters. The molecule has 6 nitrogen and oxygen atoms in total. The van der Waals surface area contributed by atoms with Crippen molar-refractivity contribution in [1.82, 2.24) is 9.97 Å². The number of methoxy groups -OCH3 is 2. The molecule has 2 rings (SSSR count). The molecule has 1 aromatic heterocycles. The van der Waals surface area contributed by atoms with Gasteiger partial charge in [0.1, 0.15) is 23.8 Å². The van der Waals surface area contributed by atoms with Crippen LogP contribution in [0.1, 0.15) is 0 Å². The van der Waals surface area contributed by atoms with Crippen LogP contribution in [0.2, 0.25) is 0 Å². The van der Waals surface area contributed by atoms with Crippen molar-refractivity contribution in [3.63, 3.8) is 0 Å². The van der Waals surface area contributed by atoms with E-state index in [4.69, 9.17) is 9.47 Å². The van der Waals surface area contributed by atoms with Crippen LogP contribution in [0, 0.1) is 0 Å². The minimum Gasteiger partial charge on any atom is -0.377 e. The van der Waals surface area contributed by atoms with Crippen LogP contribution in [0.4, 0.5) is 11.6 Å². The summed E-state index contributed by atoms with van der Waals surface area (Å²) in [7, 11) is 5.29. The third-order valence-electron chi connectivity index (χ3n) is 3.28. The summed E-state index contributed by atoms with van der Waals surface area (Å²) in [6.07, 6.45) is 2.13. The van der Waals surface area contributed by atoms with Gasteiger partial charge in [0.05, 0.1) is 0 Å². The van der Waals surface area contributed by atoms with Crippen molar-refractivity contribution in [2.24, 2.45) is 0 Å². The molecule has 0 spiro atoms. The summed E-state index contributed by atoms with van der Waals surface area (Å²) >= 11 is 1.53. The average Bonchev–Trinajstić information content (AvgIpc) is 2.89. The maximum Gasteiger partial charge on any atom is 0.191 e. The van der Waals surface area contributed by atoms with Gasteiger partial charge in [-0.25, -0.2) is 9.97 Å². The predicted molar refractivity (Wildman–Crippen MR) is 77.2 cm³/mol. The first-order valence-corrected chi connectivity index (χ1v) is 7.35. The molecule has 1 aromatic rings. The normalized spacial score (nSPS) is 22.8. The molecule has 1 fully saturated rings. The zero-order valence-corrected chi connectivity index (χ0v) is 12.5. The van der Waals surface area contributed by atoms with Gasteiger partial charge in [-0.15, -0.1) is 0 Å². The number of nitrogens with zero attached hydrogens (tertiary/aromatic N) is 3. The third-order valence-corrected chi connectivity index (χ3v) is 3.82. The fourth-order valence-corrected chi connectivity index (χ4v) is 2.55. The van der Waals surface area contributed by atoms with Crippen LogP contribution >= 0.6 is 11.8 Å². The summed E-state index contributed by atoms with van der Waals surface area (Å²) in [5.41, 5.74) is 0. The predicted octanol–water partition coefficient (Wildman–Crippen LogP) is 1.09. The molecule has 0 radical (unpaired) electrons. The standard InChI is InChI=1S/C12H20N4O2S/c1-13-10-5-11(15-12(14-10)19-4)16-6-8(17-2)9(7-16)18-3/h5,8-9H,6-7H2,1-4H3,(H,13,14,15). The Morgan fingerprint density at radius 1 is 1.26 bits per heavy atom. The zero-order chi connectivity index (χ0) is 13.8. The number of ether oxygens (including phenoxy) is 2. The molecule has 1 saturated heterocycles. The summed E-state index contributed by atoms with van der Waals surface area (Å²) in [5, 5.41) is 3.82. The van der Waals surface area contributed by atoms with E-state index in [0.29, 0.717) is 0 Å². The minimum atomic E-state index is 0.0794. The van der Waals surface area contributed by atoms with E-state index in [2.05, 4.69) is 20.2 Å². The molecular weight excluding hydrogens is 264 g/mol. The first kappa shape index (κ1) is 14.4. The number of nitrogens with one attached hydrogen (secondary N) is 1. The van der Waals surface area contributed by atoms with Gasteiger partial charge in [0.25, 0.3) is 0 Å². The van der Waals surface area contributed by atoms with Crippen LogP contribution in [0.25, 0.3) is 0 Å². The van der Waals surface area contributed by atoms with E-state index in [-0.39, 0.29) is 12.2 Å². The molecule has 1 N–H and O–H groups in total. The van der Waals surface area contributed by atoms with Crippen LogP contribution in [0.15, 0.2) is 11.2 Å². The second-order valence-corrected chi connectivity index (χ2v) is 5.07. The topological polar surface area (TPSA) is 59.5 Å². The van der Waals surface area contributed by atoms with Gasteiger partial charge in [-0.05, 0) is 6.26 Å². The van der Waals surface area contributed by atoms with Crippen molar-refractivity contribution < 1.29 is 9.47 Å². The zero-order valence-electron chi connectivity index (χ0n) is 11.7. The highest BCUT2D eigenvalue weighted by molar-refractivity contribution is 7.98. The summed E-state index contributed by atoms with van der Waals surface area (Å²) in [6.45, 7) is 1.56. The van der Waals surface area contributed by atoms with Crippen LogP contribution < -0.4 is 10.2 Å². The molecule has 1 aliphatic heterocycles. The molecule has 2 atom stereocenters. The van der Waals surface area contributed by atoms with Gasteiger partial charge in [-0.2, -0.15) is 0 Å². The molecule has 0 saturated carbocycles. The number of thioether (sulfide) groups is 1. The van der Waals surface area contributed by atoms with Crippen molar-refractivity contribution in [3.05, 3.63) is 6.07 Å². The smallest absolute Gasteiger partial charge is 0.191 e. The van der Waals surface area contributed by atoms with Gasteiger partial charge in [-0.3, -0.25) is 0 Å². The van der Waals surface area contributed by atoms with Gasteiger partial charge in [0.2, 0.25) is 0 Å². The van der Waals surface area contributed by atoms with E-state index in [1.54, 1.807) is 14.2 Å². The Morgan fingerprint density at radius 3 is 2.37 bits per heavy atom. The van der Waals surface area contributed by atoms with Gasteiger partial charge in [0, 0.05) is 40.4 Å². The highest BCUT2D eigenvalue weighted by Gasteiger charge is 2.33. The molecule has 0 amide bonds. The van der Waals surface area contributed by atoms with Crippen LogP contribution in [-0.4, -0.2) is 62.8 Å². The first-order chi connectivity index (χ1) is 9.21. The number of anilines is 2. The Balaban J connectivity index is 2.22. The van der Waals surface area contributed by atoms with Gasteiger partial charge >= 0.3 is 0 Å². The fraction of sp³-hybridized carbons (Fsp3) is 0.667. The lowest BCUT2D eigenvalue weighted by molar-refractivity contribution is -0.00461. The maximum absolute atomic E-state index is 5.45. The lowest BCUT2D eigenvalue weighted by atomic mass is 10.3. The monoisotopic (exact) mass is 284 g/mol. The lowest BCUT2D eigenvalue weighted by Crippen LogP contribution is -2.27. The van der Waals surface area contributed by atoms with Crippen LogP contribution in [-0.2, 0) is 9.47 Å². The third kappa shape index (κ3) is 3.10. The number of aromatic nitrogens is 2. The number of hydrogen-bond acceptors (Lipinski definition) is 7. The number of hydrogen-bond donors (Lipinski definition) is 1. The van der Waals surface area contributed by atoms with E-state index >= 15 is 0 Å². The summed E-state index contributed by atoms with van der Waals surface area (Å²) < 4.78 is 10.9. The lowest BCUT2D eigenvalue weighted by Gasteiger charge is -2.18. The van der Waals surface area contributed by atoms with Crippen molar-refractivity contribution in [2.45, 2.75) is 17.4 Å². The SMILES string of the molecule is CNc1cc(N2CC(OC)C(OC)C2)nc(SC)n1. The molecular formula is C12H20N4O2S. The molecule has 19 heavy (non-hydrogen) atoms. The van der Waals surface area contributed by atoms with Gasteiger partial charge in [-0.1, -0.05) is 11.8 Å². The van der Waals surface area contributed by atoms with Crippen molar-refractivity contribution in [3.8, 4) is 0 Å². The van der Waals surface area contributed by atoms with E-state index in [9.17, 15) is 0 Å². The highest BCUT2D eigenvalue weighted by atomic mass is 32.2. The van der Waals surface area contributed by atoms with E-state index < -0.39 is 0 Å². The quantitative estimate of drug-likeness (QED) is 0.641. The second-order valence-electron chi connectivity index (χ2n) is 4.30. The summed E-state index contributed by atoms with van der Waals surface area (Å²) in [4.78, 5) is 11.1. The molecule has 0 aromatic carbocycles. The average molecular weight is 284 g/mol. The van der Waals surface area contributed by atoms with E-state index in [1.165, 1.54) is 11.8 Å². The van der Waals surface area contributed by atoms with Gasteiger partial charge < -0.3 is 19.7 Å². The Kier molecular flexibility index (Phi) is 4.84. The van der Waals surface area contributed by atoms with Crippen molar-refractivity contribution in [2.75, 3.05) is 50.8 Å². The molecule has 2 heterocycles. The van der Waals surface area contributed by atoms with Crippen molar-refractivity contribution in [1.29, 1.82) is 0 Å². The summed E-state index contributed by atoms with van der Waals surface area (Å²) in [5.74, 6) is 1.73. The van der Waals surface area contributed by atoms with Crippen molar-refractivity contribution >= 4 is 23.4 Å². The Labute approximate surface area is 117 Å². The minimum absolute atomic E-state index is 0.0794. The van der Waals surface area contributed by atoms with Crippen LogP contribution in [0.3, 0.4) is 0 Å². The molecule has 7 heteroatoms. The Hall–Kier alpha value is -1.05. The highest BCUT2D eigenvalue weighted by Crippen LogP contribution is 2.25. The second kappa shape index (κ2) is 6.40. The fourth-order valence-electron chi connectivity index (χ4n) is 2.18. The Bertz CT molecular complexity index is 398. The Morgan fingerprint density at radius 2 is 1.89 bits per heavy atom. The molecule has 0 aliphatic carbocycles. The summed E-state index contributed by atoms with van der Waals surface area (Å²) in [6, 6.07) is 1.95. The van der Waals surface area contributed by atoms with Gasteiger partial charge in [0.15, 0.2) is 5.16 Å². The largest absolute Gasteiger partial charge is 0.377 e. The molecule has 1 aliphatic rings. The molecule has 106 valence electrons. The maximum atomic E-state index is 5.45. The van der Waals surface area contributed by atoms with Crippen LogP contribution in [0.5, 0.6) is 0 Å². The van der Waals surface area contributed by atoms with E-state index in [1.807, 2.05) is 19.4 Å².